The zero-order chi connectivity index (χ0) is 18.5. The van der Waals surface area contributed by atoms with E-state index < -0.39 is 5.60 Å². The van der Waals surface area contributed by atoms with Crippen molar-refractivity contribution in [3.05, 3.63) is 10.4 Å². The first-order valence-corrected chi connectivity index (χ1v) is 8.64. The Hall–Kier alpha value is -1.54. The van der Waals surface area contributed by atoms with E-state index in [1.165, 1.54) is 0 Å². The molecule has 1 fully saturated rings. The fourth-order valence-electron chi connectivity index (χ4n) is 2.30. The van der Waals surface area contributed by atoms with Crippen LogP contribution in [-0.4, -0.2) is 63.9 Å². The van der Waals surface area contributed by atoms with Crippen LogP contribution in [0.4, 0.5) is 4.79 Å². The first-order chi connectivity index (χ1) is 11.9. The standard InChI is InChI=1S/C16H30N4O5/c1-16(2,3)25-15(21)19-14-10-13(11-14)12-24-9-8-23-7-6-22-5-4-18-20-17/h13-14H,4-12H2,1-3H3,(H,19,21). The van der Waals surface area contributed by atoms with Gasteiger partial charge in [0.2, 0.25) is 0 Å². The molecule has 0 aromatic rings. The van der Waals surface area contributed by atoms with Crippen molar-refractivity contribution in [1.29, 1.82) is 0 Å². The van der Waals surface area contributed by atoms with Gasteiger partial charge in [-0.3, -0.25) is 0 Å². The lowest BCUT2D eigenvalue weighted by atomic mass is 9.81. The van der Waals surface area contributed by atoms with Gasteiger partial charge in [0.25, 0.3) is 0 Å². The summed E-state index contributed by atoms with van der Waals surface area (Å²) in [6, 6.07) is 0.183. The second-order valence-electron chi connectivity index (χ2n) is 6.93. The number of azide groups is 1. The van der Waals surface area contributed by atoms with Gasteiger partial charge in [0.05, 0.1) is 33.0 Å². The lowest BCUT2D eigenvalue weighted by Crippen LogP contribution is -2.47. The molecule has 0 aromatic carbocycles. The fourth-order valence-corrected chi connectivity index (χ4v) is 2.30. The van der Waals surface area contributed by atoms with Crippen LogP contribution in [0.3, 0.4) is 0 Å². The van der Waals surface area contributed by atoms with Crippen molar-refractivity contribution in [1.82, 2.24) is 5.32 Å². The number of alkyl carbamates (subject to hydrolysis) is 1. The third kappa shape index (κ3) is 11.6. The summed E-state index contributed by atoms with van der Waals surface area (Å²) in [5.74, 6) is 0.476. The van der Waals surface area contributed by atoms with Crippen LogP contribution in [0.15, 0.2) is 5.11 Å². The zero-order valence-corrected chi connectivity index (χ0v) is 15.4. The molecule has 1 aliphatic carbocycles. The molecule has 1 rings (SSSR count). The monoisotopic (exact) mass is 358 g/mol. The number of hydrogen-bond donors (Lipinski definition) is 1. The fraction of sp³-hybridized carbons (Fsp3) is 0.938. The molecular formula is C16H30N4O5. The van der Waals surface area contributed by atoms with Crippen LogP contribution in [0.2, 0.25) is 0 Å². The molecule has 0 spiro atoms. The second-order valence-corrected chi connectivity index (χ2v) is 6.93. The molecule has 144 valence electrons. The van der Waals surface area contributed by atoms with Gasteiger partial charge in [-0.2, -0.15) is 0 Å². The second kappa shape index (κ2) is 11.9. The quantitative estimate of drug-likeness (QED) is 0.249. The van der Waals surface area contributed by atoms with Crippen LogP contribution < -0.4 is 5.32 Å². The lowest BCUT2D eigenvalue weighted by molar-refractivity contribution is -0.00452. The zero-order valence-electron chi connectivity index (χ0n) is 15.4. The highest BCUT2D eigenvalue weighted by molar-refractivity contribution is 5.68. The molecule has 0 bridgehead atoms. The van der Waals surface area contributed by atoms with E-state index in [2.05, 4.69) is 15.3 Å². The highest BCUT2D eigenvalue weighted by atomic mass is 16.6. The maximum Gasteiger partial charge on any atom is 0.407 e. The Morgan fingerprint density at radius 3 is 2.32 bits per heavy atom. The Kier molecular flexibility index (Phi) is 10.3. The van der Waals surface area contributed by atoms with Gasteiger partial charge in [0, 0.05) is 24.1 Å². The number of ether oxygens (including phenoxy) is 4. The Morgan fingerprint density at radius 1 is 1.12 bits per heavy atom. The Labute approximate surface area is 149 Å². The van der Waals surface area contributed by atoms with E-state index >= 15 is 0 Å². The van der Waals surface area contributed by atoms with E-state index in [1.807, 2.05) is 20.8 Å². The molecule has 0 aliphatic heterocycles. The Balaban J connectivity index is 1.85. The summed E-state index contributed by atoms with van der Waals surface area (Å²) in [4.78, 5) is 14.2. The van der Waals surface area contributed by atoms with E-state index in [9.17, 15) is 4.79 Å². The molecule has 0 radical (unpaired) electrons. The molecule has 0 heterocycles. The van der Waals surface area contributed by atoms with Crippen molar-refractivity contribution in [2.75, 3.05) is 46.2 Å². The lowest BCUT2D eigenvalue weighted by Gasteiger charge is -2.35. The summed E-state index contributed by atoms with van der Waals surface area (Å²) in [6.07, 6.45) is 1.48. The summed E-state index contributed by atoms with van der Waals surface area (Å²) >= 11 is 0. The molecule has 0 aromatic heterocycles. The van der Waals surface area contributed by atoms with E-state index in [1.54, 1.807) is 0 Å². The SMILES string of the molecule is CC(C)(C)OC(=O)NC1CC(COCCOCCOCCN=[N+]=[N-])C1. The maximum absolute atomic E-state index is 11.6. The Bertz CT molecular complexity index is 429. The maximum atomic E-state index is 11.6. The number of nitrogens with zero attached hydrogens (tertiary/aromatic N) is 3. The van der Waals surface area contributed by atoms with Crippen molar-refractivity contribution in [2.45, 2.75) is 45.3 Å². The first kappa shape index (κ1) is 21.5. The first-order valence-electron chi connectivity index (χ1n) is 8.64. The normalized spacial score (nSPS) is 19.6. The smallest absolute Gasteiger partial charge is 0.407 e. The summed E-state index contributed by atoms with van der Waals surface area (Å²) in [6.45, 7) is 9.00. The van der Waals surface area contributed by atoms with Gasteiger partial charge in [0.15, 0.2) is 0 Å². The average Bonchev–Trinajstić information content (AvgIpc) is 2.47. The van der Waals surface area contributed by atoms with Crippen molar-refractivity contribution >= 4 is 6.09 Å². The highest BCUT2D eigenvalue weighted by Crippen LogP contribution is 2.27. The van der Waals surface area contributed by atoms with Crippen LogP contribution in [0, 0.1) is 5.92 Å². The number of carbonyl (C=O) groups is 1. The van der Waals surface area contributed by atoms with Crippen LogP contribution in [0.25, 0.3) is 10.4 Å². The van der Waals surface area contributed by atoms with E-state index in [-0.39, 0.29) is 12.1 Å². The highest BCUT2D eigenvalue weighted by Gasteiger charge is 2.31. The molecule has 25 heavy (non-hydrogen) atoms. The number of nitrogens with one attached hydrogen (secondary N) is 1. The van der Waals surface area contributed by atoms with Gasteiger partial charge in [0.1, 0.15) is 5.60 Å². The summed E-state index contributed by atoms with van der Waals surface area (Å²) in [5, 5.41) is 6.23. The van der Waals surface area contributed by atoms with Gasteiger partial charge in [-0.15, -0.1) is 0 Å². The summed E-state index contributed by atoms with van der Waals surface area (Å²) in [5.41, 5.74) is 7.62. The topological polar surface area (TPSA) is 115 Å². The van der Waals surface area contributed by atoms with Crippen molar-refractivity contribution in [3.8, 4) is 0 Å². The van der Waals surface area contributed by atoms with Gasteiger partial charge in [-0.1, -0.05) is 5.11 Å². The van der Waals surface area contributed by atoms with E-state index in [4.69, 9.17) is 24.5 Å². The number of amides is 1. The van der Waals surface area contributed by atoms with Gasteiger partial charge < -0.3 is 24.3 Å². The molecule has 9 nitrogen and oxygen atoms in total. The van der Waals surface area contributed by atoms with E-state index in [0.717, 1.165) is 12.8 Å². The van der Waals surface area contributed by atoms with Crippen LogP contribution in [0.5, 0.6) is 0 Å². The van der Waals surface area contributed by atoms with Crippen LogP contribution in [0.1, 0.15) is 33.6 Å². The molecule has 0 saturated heterocycles. The minimum atomic E-state index is -0.466. The minimum Gasteiger partial charge on any atom is -0.444 e. The largest absolute Gasteiger partial charge is 0.444 e. The molecule has 0 atom stereocenters. The van der Waals surface area contributed by atoms with Crippen molar-refractivity contribution in [2.24, 2.45) is 11.0 Å². The molecule has 1 N–H and O–H groups in total. The predicted octanol–water partition coefficient (Wildman–Crippen LogP) is 2.65. The van der Waals surface area contributed by atoms with Crippen LogP contribution >= 0.6 is 0 Å². The molecule has 0 unspecified atom stereocenters. The minimum absolute atomic E-state index is 0.183. The molecule has 9 heteroatoms. The number of rotatable bonds is 12. The summed E-state index contributed by atoms with van der Waals surface area (Å²) in [7, 11) is 0. The average molecular weight is 358 g/mol. The van der Waals surface area contributed by atoms with Gasteiger partial charge in [-0.25, -0.2) is 4.79 Å². The molecule has 1 aliphatic rings. The van der Waals surface area contributed by atoms with Gasteiger partial charge in [-0.05, 0) is 45.1 Å². The third-order valence-electron chi connectivity index (χ3n) is 3.45. The van der Waals surface area contributed by atoms with Gasteiger partial charge >= 0.3 is 6.09 Å². The van der Waals surface area contributed by atoms with Crippen LogP contribution in [-0.2, 0) is 18.9 Å². The van der Waals surface area contributed by atoms with E-state index in [0.29, 0.717) is 52.1 Å². The third-order valence-corrected chi connectivity index (χ3v) is 3.45. The van der Waals surface area contributed by atoms with Crippen molar-refractivity contribution < 1.29 is 23.7 Å². The molecule has 1 saturated carbocycles. The summed E-state index contributed by atoms with van der Waals surface area (Å²) < 4.78 is 21.4. The predicted molar refractivity (Wildman–Crippen MR) is 92.4 cm³/mol. The molecular weight excluding hydrogens is 328 g/mol. The number of hydrogen-bond acceptors (Lipinski definition) is 6. The molecule has 1 amide bonds. The Morgan fingerprint density at radius 2 is 1.72 bits per heavy atom. The number of carbonyl (C=O) groups excluding carboxylic acids is 1. The van der Waals surface area contributed by atoms with Crippen molar-refractivity contribution in [3.63, 3.8) is 0 Å².